The van der Waals surface area contributed by atoms with Gasteiger partial charge in [0.2, 0.25) is 0 Å². The Morgan fingerprint density at radius 3 is 2.74 bits per heavy atom. The second kappa shape index (κ2) is 5.56. The van der Waals surface area contributed by atoms with E-state index in [0.29, 0.717) is 11.3 Å². The molecular formula is C19H12BrNO2. The number of rotatable bonds is 2. The molecule has 112 valence electrons. The molecule has 0 radical (unpaired) electrons. The van der Waals surface area contributed by atoms with Crippen molar-refractivity contribution in [2.75, 3.05) is 5.32 Å². The van der Waals surface area contributed by atoms with E-state index in [2.05, 4.69) is 21.2 Å². The number of anilines is 1. The number of amides is 1. The number of fused-ring (bicyclic) bond motifs is 1. The van der Waals surface area contributed by atoms with Gasteiger partial charge in [0.05, 0.1) is 5.57 Å². The number of hydrogen-bond acceptors (Lipinski definition) is 2. The summed E-state index contributed by atoms with van der Waals surface area (Å²) in [6.07, 6.45) is 1.78. The average molecular weight is 366 g/mol. The Kier molecular flexibility index (Phi) is 3.39. The van der Waals surface area contributed by atoms with Crippen LogP contribution in [0, 0.1) is 0 Å². The van der Waals surface area contributed by atoms with Crippen molar-refractivity contribution < 1.29 is 9.21 Å². The average Bonchev–Trinajstić information content (AvgIpc) is 3.13. The molecule has 3 nitrogen and oxygen atoms in total. The Bertz CT molecular complexity index is 940. The molecule has 0 aliphatic carbocycles. The molecule has 0 saturated carbocycles. The molecule has 1 N–H and O–H groups in total. The van der Waals surface area contributed by atoms with Crippen LogP contribution in [0.2, 0.25) is 0 Å². The number of para-hydroxylation sites is 1. The third-order valence-electron chi connectivity index (χ3n) is 3.73. The van der Waals surface area contributed by atoms with Gasteiger partial charge in [0, 0.05) is 21.3 Å². The first-order chi connectivity index (χ1) is 11.2. The van der Waals surface area contributed by atoms with Gasteiger partial charge in [0.15, 0.2) is 0 Å². The summed E-state index contributed by atoms with van der Waals surface area (Å²) in [5.41, 5.74) is 3.34. The molecule has 0 spiro atoms. The van der Waals surface area contributed by atoms with Crippen molar-refractivity contribution in [3.63, 3.8) is 0 Å². The van der Waals surface area contributed by atoms with E-state index in [9.17, 15) is 4.79 Å². The lowest BCUT2D eigenvalue weighted by Gasteiger charge is -1.98. The van der Waals surface area contributed by atoms with Gasteiger partial charge in [-0.15, -0.1) is 0 Å². The van der Waals surface area contributed by atoms with Gasteiger partial charge in [-0.1, -0.05) is 46.3 Å². The quantitative estimate of drug-likeness (QED) is 0.634. The van der Waals surface area contributed by atoms with Gasteiger partial charge in [-0.3, -0.25) is 4.79 Å². The predicted octanol–water partition coefficient (Wildman–Crippen LogP) is 5.20. The van der Waals surface area contributed by atoms with Crippen LogP contribution in [0.15, 0.2) is 69.6 Å². The summed E-state index contributed by atoms with van der Waals surface area (Å²) in [4.78, 5) is 12.1. The molecule has 0 saturated heterocycles. The lowest BCUT2D eigenvalue weighted by Crippen LogP contribution is -2.03. The van der Waals surface area contributed by atoms with E-state index in [1.807, 2.05) is 60.7 Å². The third-order valence-corrected chi connectivity index (χ3v) is 4.23. The first kappa shape index (κ1) is 14.0. The largest absolute Gasteiger partial charge is 0.457 e. The third kappa shape index (κ3) is 2.62. The van der Waals surface area contributed by atoms with Crippen LogP contribution in [0.4, 0.5) is 5.69 Å². The van der Waals surface area contributed by atoms with Gasteiger partial charge in [0.25, 0.3) is 5.91 Å². The predicted molar refractivity (Wildman–Crippen MR) is 94.8 cm³/mol. The maximum Gasteiger partial charge on any atom is 0.256 e. The zero-order valence-electron chi connectivity index (χ0n) is 12.0. The summed E-state index contributed by atoms with van der Waals surface area (Å²) in [7, 11) is 0. The Morgan fingerprint density at radius 2 is 1.87 bits per heavy atom. The van der Waals surface area contributed by atoms with Crippen molar-refractivity contribution in [1.82, 2.24) is 0 Å². The number of halogens is 1. The van der Waals surface area contributed by atoms with E-state index in [4.69, 9.17) is 4.42 Å². The summed E-state index contributed by atoms with van der Waals surface area (Å²) < 4.78 is 6.87. The standard InChI is InChI=1S/C19H12BrNO2/c20-13-5-3-4-12(10-13)18-9-8-14(23-18)11-16-15-6-1-2-7-17(15)21-19(16)22/h1-11H,(H,21,22)/b16-11-. The molecule has 0 fully saturated rings. The zero-order chi connectivity index (χ0) is 15.8. The smallest absolute Gasteiger partial charge is 0.256 e. The second-order valence-electron chi connectivity index (χ2n) is 5.27. The summed E-state index contributed by atoms with van der Waals surface area (Å²) in [5, 5.41) is 2.86. The van der Waals surface area contributed by atoms with Gasteiger partial charge in [-0.2, -0.15) is 0 Å². The number of carbonyl (C=O) groups excluding carboxylic acids is 1. The topological polar surface area (TPSA) is 42.2 Å². The minimum atomic E-state index is -0.105. The molecule has 1 aliphatic rings. The zero-order valence-corrected chi connectivity index (χ0v) is 13.6. The van der Waals surface area contributed by atoms with Crippen molar-refractivity contribution in [1.29, 1.82) is 0 Å². The molecule has 0 atom stereocenters. The molecule has 1 aromatic heterocycles. The molecule has 4 rings (SSSR count). The van der Waals surface area contributed by atoms with E-state index >= 15 is 0 Å². The minimum absolute atomic E-state index is 0.105. The molecule has 4 heteroatoms. The number of benzene rings is 2. The highest BCUT2D eigenvalue weighted by Crippen LogP contribution is 2.33. The Morgan fingerprint density at radius 1 is 1.00 bits per heavy atom. The summed E-state index contributed by atoms with van der Waals surface area (Å²) in [6, 6.07) is 19.3. The molecule has 23 heavy (non-hydrogen) atoms. The fourth-order valence-corrected chi connectivity index (χ4v) is 3.05. The van der Waals surface area contributed by atoms with E-state index in [0.717, 1.165) is 27.0 Å². The lowest BCUT2D eigenvalue weighted by molar-refractivity contribution is -0.110. The second-order valence-corrected chi connectivity index (χ2v) is 6.19. The monoisotopic (exact) mass is 365 g/mol. The summed E-state index contributed by atoms with van der Waals surface area (Å²) in [5.74, 6) is 1.32. The van der Waals surface area contributed by atoms with Crippen LogP contribution < -0.4 is 5.32 Å². The van der Waals surface area contributed by atoms with Crippen molar-refractivity contribution >= 4 is 39.2 Å². The van der Waals surface area contributed by atoms with Crippen LogP contribution >= 0.6 is 15.9 Å². The normalized spacial score (nSPS) is 14.8. The lowest BCUT2D eigenvalue weighted by atomic mass is 10.1. The van der Waals surface area contributed by atoms with Crippen molar-refractivity contribution in [3.05, 3.63) is 76.5 Å². The Labute approximate surface area is 141 Å². The molecule has 0 unspecified atom stereocenters. The highest BCUT2D eigenvalue weighted by atomic mass is 79.9. The van der Waals surface area contributed by atoms with Crippen molar-refractivity contribution in [2.45, 2.75) is 0 Å². The number of hydrogen-bond donors (Lipinski definition) is 1. The van der Waals surface area contributed by atoms with E-state index < -0.39 is 0 Å². The van der Waals surface area contributed by atoms with E-state index in [1.54, 1.807) is 6.08 Å². The summed E-state index contributed by atoms with van der Waals surface area (Å²) in [6.45, 7) is 0. The minimum Gasteiger partial charge on any atom is -0.457 e. The van der Waals surface area contributed by atoms with E-state index in [1.165, 1.54) is 0 Å². The highest BCUT2D eigenvalue weighted by Gasteiger charge is 2.23. The fraction of sp³-hybridized carbons (Fsp3) is 0. The van der Waals surface area contributed by atoms with Crippen LogP contribution in [0.1, 0.15) is 11.3 Å². The maximum absolute atomic E-state index is 12.1. The maximum atomic E-state index is 12.1. The van der Waals surface area contributed by atoms with Crippen molar-refractivity contribution in [3.8, 4) is 11.3 Å². The van der Waals surface area contributed by atoms with Gasteiger partial charge < -0.3 is 9.73 Å². The molecule has 2 aromatic carbocycles. The number of nitrogens with one attached hydrogen (secondary N) is 1. The SMILES string of the molecule is O=C1Nc2ccccc2/C1=C/c1ccc(-c2cccc(Br)c2)o1. The van der Waals surface area contributed by atoms with Crippen LogP contribution in [0.3, 0.4) is 0 Å². The number of carbonyl (C=O) groups is 1. The highest BCUT2D eigenvalue weighted by molar-refractivity contribution is 9.10. The molecule has 1 amide bonds. The number of furan rings is 1. The van der Waals surface area contributed by atoms with Crippen LogP contribution in [-0.4, -0.2) is 5.91 Å². The molecule has 2 heterocycles. The molecular weight excluding hydrogens is 354 g/mol. The Hall–Kier alpha value is -2.59. The first-order valence-corrected chi connectivity index (χ1v) is 7.98. The van der Waals surface area contributed by atoms with Gasteiger partial charge in [-0.25, -0.2) is 0 Å². The van der Waals surface area contributed by atoms with Crippen LogP contribution in [0.5, 0.6) is 0 Å². The molecule has 0 bridgehead atoms. The van der Waals surface area contributed by atoms with Crippen LogP contribution in [0.25, 0.3) is 23.0 Å². The van der Waals surface area contributed by atoms with Gasteiger partial charge >= 0.3 is 0 Å². The van der Waals surface area contributed by atoms with Gasteiger partial charge in [0.1, 0.15) is 11.5 Å². The van der Waals surface area contributed by atoms with Crippen molar-refractivity contribution in [2.24, 2.45) is 0 Å². The summed E-state index contributed by atoms with van der Waals surface area (Å²) >= 11 is 3.46. The van der Waals surface area contributed by atoms with Gasteiger partial charge in [-0.05, 0) is 36.4 Å². The molecule has 3 aromatic rings. The first-order valence-electron chi connectivity index (χ1n) is 7.19. The van der Waals surface area contributed by atoms with E-state index in [-0.39, 0.29) is 5.91 Å². The fourth-order valence-electron chi connectivity index (χ4n) is 2.65. The van der Waals surface area contributed by atoms with Crippen LogP contribution in [-0.2, 0) is 4.79 Å². The molecule has 1 aliphatic heterocycles. The Balaban J connectivity index is 1.72.